The average molecular weight is 246 g/mol. The van der Waals surface area contributed by atoms with Gasteiger partial charge in [-0.2, -0.15) is 0 Å². The highest BCUT2D eigenvalue weighted by atomic mass is 16.2. The summed E-state index contributed by atoms with van der Waals surface area (Å²) < 4.78 is 0. The molecule has 0 aliphatic carbocycles. The molecule has 1 atom stereocenters. The maximum absolute atomic E-state index is 12.2. The lowest BCUT2D eigenvalue weighted by Gasteiger charge is -2.31. The molecule has 1 aromatic carbocycles. The van der Waals surface area contributed by atoms with Gasteiger partial charge in [0.2, 0.25) is 5.91 Å². The van der Waals surface area contributed by atoms with E-state index in [1.165, 1.54) is 19.3 Å². The van der Waals surface area contributed by atoms with Crippen LogP contribution in [0.4, 0.5) is 5.69 Å². The first kappa shape index (κ1) is 13.1. The van der Waals surface area contributed by atoms with Crippen molar-refractivity contribution >= 4 is 11.6 Å². The molecule has 3 heteroatoms. The Hall–Kier alpha value is -1.35. The van der Waals surface area contributed by atoms with Gasteiger partial charge in [-0.3, -0.25) is 9.69 Å². The average Bonchev–Trinajstić information content (AvgIpc) is 2.41. The first-order valence-corrected chi connectivity index (χ1v) is 6.79. The van der Waals surface area contributed by atoms with Crippen molar-refractivity contribution in [1.29, 1.82) is 0 Å². The Bertz CT molecular complexity index is 411. The van der Waals surface area contributed by atoms with Crippen LogP contribution in [0.3, 0.4) is 0 Å². The summed E-state index contributed by atoms with van der Waals surface area (Å²) in [5, 5.41) is 3.03. The zero-order valence-electron chi connectivity index (χ0n) is 11.3. The molecule has 0 aromatic heterocycles. The van der Waals surface area contributed by atoms with Gasteiger partial charge in [-0.05, 0) is 51.4 Å². The maximum atomic E-state index is 12.2. The molecule has 0 bridgehead atoms. The molecule has 1 aliphatic heterocycles. The van der Waals surface area contributed by atoms with Gasteiger partial charge in [0, 0.05) is 5.69 Å². The second kappa shape index (κ2) is 6.01. The van der Waals surface area contributed by atoms with Crippen molar-refractivity contribution in [3.63, 3.8) is 0 Å². The molecule has 1 saturated heterocycles. The van der Waals surface area contributed by atoms with Crippen LogP contribution in [0.15, 0.2) is 24.3 Å². The normalized spacial score (nSPS) is 18.3. The zero-order chi connectivity index (χ0) is 13.0. The predicted molar refractivity (Wildman–Crippen MR) is 74.7 cm³/mol. The number of carbonyl (C=O) groups excluding carboxylic acids is 1. The third-order valence-electron chi connectivity index (χ3n) is 3.72. The minimum Gasteiger partial charge on any atom is -0.324 e. The Morgan fingerprint density at radius 3 is 2.56 bits per heavy atom. The van der Waals surface area contributed by atoms with E-state index in [1.807, 2.05) is 38.1 Å². The number of aryl methyl sites for hydroxylation is 1. The van der Waals surface area contributed by atoms with Crippen molar-refractivity contribution in [2.45, 2.75) is 39.2 Å². The summed E-state index contributed by atoms with van der Waals surface area (Å²) in [6, 6.07) is 7.87. The van der Waals surface area contributed by atoms with Crippen molar-refractivity contribution in [3.8, 4) is 0 Å². The molecule has 1 unspecified atom stereocenters. The van der Waals surface area contributed by atoms with Gasteiger partial charge in [0.1, 0.15) is 0 Å². The third-order valence-corrected chi connectivity index (χ3v) is 3.72. The van der Waals surface area contributed by atoms with E-state index in [-0.39, 0.29) is 11.9 Å². The number of rotatable bonds is 3. The first-order valence-electron chi connectivity index (χ1n) is 6.79. The van der Waals surface area contributed by atoms with E-state index >= 15 is 0 Å². The molecule has 1 N–H and O–H groups in total. The fourth-order valence-corrected chi connectivity index (χ4v) is 2.42. The molecule has 1 heterocycles. The minimum atomic E-state index is -0.0371. The molecular weight excluding hydrogens is 224 g/mol. The molecule has 0 spiro atoms. The SMILES string of the molecule is Cc1ccccc1NC(=O)C(C)N1CCCCC1. The van der Waals surface area contributed by atoms with Crippen LogP contribution in [0.5, 0.6) is 0 Å². The molecule has 1 fully saturated rings. The van der Waals surface area contributed by atoms with Crippen molar-refractivity contribution in [2.24, 2.45) is 0 Å². The van der Waals surface area contributed by atoms with Crippen LogP contribution in [0, 0.1) is 6.92 Å². The zero-order valence-corrected chi connectivity index (χ0v) is 11.3. The summed E-state index contributed by atoms with van der Waals surface area (Å²) >= 11 is 0. The topological polar surface area (TPSA) is 32.3 Å². The van der Waals surface area contributed by atoms with Crippen LogP contribution in [-0.4, -0.2) is 29.9 Å². The van der Waals surface area contributed by atoms with E-state index < -0.39 is 0 Å². The number of nitrogens with zero attached hydrogens (tertiary/aromatic N) is 1. The number of anilines is 1. The number of benzene rings is 1. The molecule has 2 rings (SSSR count). The molecule has 18 heavy (non-hydrogen) atoms. The number of hydrogen-bond acceptors (Lipinski definition) is 2. The number of amides is 1. The smallest absolute Gasteiger partial charge is 0.241 e. The molecule has 0 radical (unpaired) electrons. The molecule has 0 saturated carbocycles. The summed E-state index contributed by atoms with van der Waals surface area (Å²) in [4.78, 5) is 14.5. The van der Waals surface area contributed by atoms with Crippen molar-refractivity contribution in [3.05, 3.63) is 29.8 Å². The van der Waals surface area contributed by atoms with E-state index in [1.54, 1.807) is 0 Å². The summed E-state index contributed by atoms with van der Waals surface area (Å²) in [6.45, 7) is 6.10. The molecule has 1 amide bonds. The van der Waals surface area contributed by atoms with Crippen LogP contribution in [0.25, 0.3) is 0 Å². The second-order valence-electron chi connectivity index (χ2n) is 5.08. The predicted octanol–water partition coefficient (Wildman–Crippen LogP) is 2.81. The van der Waals surface area contributed by atoms with Crippen molar-refractivity contribution in [1.82, 2.24) is 4.90 Å². The quantitative estimate of drug-likeness (QED) is 0.889. The Labute approximate surface area is 109 Å². The van der Waals surface area contributed by atoms with Gasteiger partial charge in [0.25, 0.3) is 0 Å². The fourth-order valence-electron chi connectivity index (χ4n) is 2.42. The van der Waals surface area contributed by atoms with Gasteiger partial charge in [-0.1, -0.05) is 24.6 Å². The third kappa shape index (κ3) is 3.10. The van der Waals surface area contributed by atoms with Gasteiger partial charge < -0.3 is 5.32 Å². The van der Waals surface area contributed by atoms with Gasteiger partial charge >= 0.3 is 0 Å². The lowest BCUT2D eigenvalue weighted by Crippen LogP contribution is -2.44. The van der Waals surface area contributed by atoms with E-state index in [9.17, 15) is 4.79 Å². The molecule has 1 aliphatic rings. The number of para-hydroxylation sites is 1. The van der Waals surface area contributed by atoms with Gasteiger partial charge in [-0.25, -0.2) is 0 Å². The highest BCUT2D eigenvalue weighted by molar-refractivity contribution is 5.95. The van der Waals surface area contributed by atoms with Gasteiger partial charge in [0.05, 0.1) is 6.04 Å². The highest BCUT2D eigenvalue weighted by Crippen LogP contribution is 2.16. The van der Waals surface area contributed by atoms with Gasteiger partial charge in [-0.15, -0.1) is 0 Å². The van der Waals surface area contributed by atoms with Crippen molar-refractivity contribution < 1.29 is 4.79 Å². The van der Waals surface area contributed by atoms with Crippen LogP contribution < -0.4 is 5.32 Å². The molecule has 3 nitrogen and oxygen atoms in total. The first-order chi connectivity index (χ1) is 8.68. The van der Waals surface area contributed by atoms with E-state index in [0.29, 0.717) is 0 Å². The number of piperidine rings is 1. The minimum absolute atomic E-state index is 0.0371. The second-order valence-corrected chi connectivity index (χ2v) is 5.08. The molecular formula is C15H22N2O. The van der Waals surface area contributed by atoms with Crippen LogP contribution in [0.2, 0.25) is 0 Å². The van der Waals surface area contributed by atoms with E-state index in [2.05, 4.69) is 10.2 Å². The standard InChI is InChI=1S/C15H22N2O/c1-12-8-4-5-9-14(12)16-15(18)13(2)17-10-6-3-7-11-17/h4-5,8-9,13H,3,6-7,10-11H2,1-2H3,(H,16,18). The monoisotopic (exact) mass is 246 g/mol. The Kier molecular flexibility index (Phi) is 4.37. The summed E-state index contributed by atoms with van der Waals surface area (Å²) in [5.41, 5.74) is 2.03. The van der Waals surface area contributed by atoms with Crippen LogP contribution in [-0.2, 0) is 4.79 Å². The fraction of sp³-hybridized carbons (Fsp3) is 0.533. The van der Waals surface area contributed by atoms with E-state index in [4.69, 9.17) is 0 Å². The van der Waals surface area contributed by atoms with Crippen molar-refractivity contribution in [2.75, 3.05) is 18.4 Å². The Balaban J connectivity index is 1.97. The molecule has 98 valence electrons. The molecule has 1 aromatic rings. The number of carbonyl (C=O) groups is 1. The van der Waals surface area contributed by atoms with E-state index in [0.717, 1.165) is 24.3 Å². The van der Waals surface area contributed by atoms with Gasteiger partial charge in [0.15, 0.2) is 0 Å². The maximum Gasteiger partial charge on any atom is 0.241 e. The number of hydrogen-bond donors (Lipinski definition) is 1. The largest absolute Gasteiger partial charge is 0.324 e. The number of nitrogens with one attached hydrogen (secondary N) is 1. The number of likely N-dealkylation sites (tertiary alicyclic amines) is 1. The lowest BCUT2D eigenvalue weighted by molar-refractivity contribution is -0.121. The Morgan fingerprint density at radius 1 is 1.22 bits per heavy atom. The summed E-state index contributed by atoms with van der Waals surface area (Å²) in [5.74, 6) is 0.103. The lowest BCUT2D eigenvalue weighted by atomic mass is 10.1. The van der Waals surface area contributed by atoms with Crippen LogP contribution >= 0.6 is 0 Å². The summed E-state index contributed by atoms with van der Waals surface area (Å²) in [6.07, 6.45) is 3.71. The van der Waals surface area contributed by atoms with Crippen LogP contribution in [0.1, 0.15) is 31.7 Å². The Morgan fingerprint density at radius 2 is 1.89 bits per heavy atom. The summed E-state index contributed by atoms with van der Waals surface area (Å²) in [7, 11) is 0. The highest BCUT2D eigenvalue weighted by Gasteiger charge is 2.22.